The van der Waals surface area contributed by atoms with Crippen molar-refractivity contribution in [3.05, 3.63) is 17.5 Å². The number of carbonyl (C=O) groups excluding carboxylic acids is 1. The van der Waals surface area contributed by atoms with Crippen molar-refractivity contribution in [3.63, 3.8) is 0 Å². The minimum atomic E-state index is -0.0279. The third-order valence-corrected chi connectivity index (χ3v) is 3.76. The van der Waals surface area contributed by atoms with E-state index in [1.807, 2.05) is 24.8 Å². The maximum atomic E-state index is 12.0. The van der Waals surface area contributed by atoms with Gasteiger partial charge in [0.1, 0.15) is 6.10 Å². The van der Waals surface area contributed by atoms with E-state index < -0.39 is 0 Å². The molecule has 0 saturated carbocycles. The molecule has 1 saturated heterocycles. The molecule has 2 heterocycles. The van der Waals surface area contributed by atoms with Gasteiger partial charge in [-0.05, 0) is 39.2 Å². The van der Waals surface area contributed by atoms with E-state index in [2.05, 4.69) is 9.97 Å². The highest BCUT2D eigenvalue weighted by Gasteiger charge is 2.25. The molecule has 5 nitrogen and oxygen atoms in total. The molecule has 1 amide bonds. The summed E-state index contributed by atoms with van der Waals surface area (Å²) in [7, 11) is 0. The van der Waals surface area contributed by atoms with Gasteiger partial charge in [0.15, 0.2) is 0 Å². The Hall–Kier alpha value is -1.36. The van der Waals surface area contributed by atoms with Crippen molar-refractivity contribution in [2.24, 2.45) is 0 Å². The van der Waals surface area contributed by atoms with Gasteiger partial charge in [-0.25, -0.2) is 9.97 Å². The number of rotatable bonds is 5. The summed E-state index contributed by atoms with van der Waals surface area (Å²) >= 11 is 5.64. The molecule has 1 aliphatic heterocycles. The zero-order chi connectivity index (χ0) is 15.2. The normalized spacial score (nSPS) is 18.6. The lowest BCUT2D eigenvalue weighted by molar-refractivity contribution is -0.133. The number of nitrogens with zero attached hydrogens (tertiary/aromatic N) is 3. The molecule has 1 fully saturated rings. The Morgan fingerprint density at radius 2 is 2.14 bits per heavy atom. The standard InChI is InChI=1S/C15H22ClN3O2/c1-11-9-12(2)18-15(17-11)21-13-5-4-8-19(10-13)14(20)6-3-7-16/h9,13H,3-8,10H2,1-2H3. The number of halogens is 1. The summed E-state index contributed by atoms with van der Waals surface area (Å²) in [6.45, 7) is 5.25. The van der Waals surface area contributed by atoms with Gasteiger partial charge in [-0.3, -0.25) is 4.79 Å². The smallest absolute Gasteiger partial charge is 0.317 e. The molecular formula is C15H22ClN3O2. The van der Waals surface area contributed by atoms with Crippen LogP contribution < -0.4 is 4.74 Å². The maximum Gasteiger partial charge on any atom is 0.317 e. The number of hydrogen-bond acceptors (Lipinski definition) is 4. The predicted octanol–water partition coefficient (Wildman–Crippen LogP) is 2.48. The molecule has 0 spiro atoms. The molecule has 116 valence electrons. The van der Waals surface area contributed by atoms with Crippen LogP contribution in [0.25, 0.3) is 0 Å². The Morgan fingerprint density at radius 3 is 2.81 bits per heavy atom. The number of hydrogen-bond donors (Lipinski definition) is 0. The highest BCUT2D eigenvalue weighted by molar-refractivity contribution is 6.17. The Labute approximate surface area is 130 Å². The predicted molar refractivity (Wildman–Crippen MR) is 81.7 cm³/mol. The fourth-order valence-corrected chi connectivity index (χ4v) is 2.67. The first-order chi connectivity index (χ1) is 10.1. The van der Waals surface area contributed by atoms with Crippen LogP contribution >= 0.6 is 11.6 Å². The number of ether oxygens (including phenoxy) is 1. The third-order valence-electron chi connectivity index (χ3n) is 3.49. The van der Waals surface area contributed by atoms with E-state index in [0.717, 1.165) is 37.2 Å². The molecule has 6 heteroatoms. The molecule has 1 atom stereocenters. The lowest BCUT2D eigenvalue weighted by Gasteiger charge is -2.32. The van der Waals surface area contributed by atoms with Gasteiger partial charge >= 0.3 is 6.01 Å². The quantitative estimate of drug-likeness (QED) is 0.784. The van der Waals surface area contributed by atoms with Gasteiger partial charge in [0.2, 0.25) is 5.91 Å². The summed E-state index contributed by atoms with van der Waals surface area (Å²) in [4.78, 5) is 22.5. The SMILES string of the molecule is Cc1cc(C)nc(OC2CCCN(C(=O)CCCCl)C2)n1. The molecule has 0 bridgehead atoms. The molecule has 0 N–H and O–H groups in total. The van der Waals surface area contributed by atoms with Crippen LogP contribution in [-0.4, -0.2) is 45.8 Å². The molecule has 0 radical (unpaired) electrons. The highest BCUT2D eigenvalue weighted by atomic mass is 35.5. The van der Waals surface area contributed by atoms with Crippen LogP contribution in [0.15, 0.2) is 6.07 Å². The lowest BCUT2D eigenvalue weighted by Crippen LogP contribution is -2.44. The molecule has 0 aliphatic carbocycles. The van der Waals surface area contributed by atoms with E-state index >= 15 is 0 Å². The first kappa shape index (κ1) is 16.0. The second-order valence-electron chi connectivity index (χ2n) is 5.45. The summed E-state index contributed by atoms with van der Waals surface area (Å²) in [6, 6.07) is 2.32. The minimum absolute atomic E-state index is 0.0279. The number of piperidine rings is 1. The van der Waals surface area contributed by atoms with E-state index in [0.29, 0.717) is 24.9 Å². The van der Waals surface area contributed by atoms with Gasteiger partial charge in [0.25, 0.3) is 0 Å². The van der Waals surface area contributed by atoms with Crippen molar-refractivity contribution in [1.29, 1.82) is 0 Å². The van der Waals surface area contributed by atoms with E-state index in [4.69, 9.17) is 16.3 Å². The fourth-order valence-electron chi connectivity index (χ4n) is 2.53. The minimum Gasteiger partial charge on any atom is -0.458 e. The topological polar surface area (TPSA) is 55.3 Å². The van der Waals surface area contributed by atoms with E-state index in [1.165, 1.54) is 0 Å². The van der Waals surface area contributed by atoms with Crippen LogP contribution in [0.2, 0.25) is 0 Å². The summed E-state index contributed by atoms with van der Waals surface area (Å²) in [5, 5.41) is 0. The Kier molecular flexibility index (Phi) is 5.79. The molecule has 0 aromatic carbocycles. The van der Waals surface area contributed by atoms with Gasteiger partial charge in [-0.15, -0.1) is 11.6 Å². The zero-order valence-electron chi connectivity index (χ0n) is 12.6. The Bertz CT molecular complexity index is 476. The van der Waals surface area contributed by atoms with Crippen molar-refractivity contribution in [2.45, 2.75) is 45.6 Å². The zero-order valence-corrected chi connectivity index (χ0v) is 13.4. The van der Waals surface area contributed by atoms with Crippen LogP contribution in [0.1, 0.15) is 37.1 Å². The highest BCUT2D eigenvalue weighted by Crippen LogP contribution is 2.17. The molecule has 1 unspecified atom stereocenters. The van der Waals surface area contributed by atoms with Gasteiger partial charge < -0.3 is 9.64 Å². The van der Waals surface area contributed by atoms with Gasteiger partial charge in [-0.2, -0.15) is 0 Å². The first-order valence-electron chi connectivity index (χ1n) is 7.41. The Balaban J connectivity index is 1.93. The average Bonchev–Trinajstić information content (AvgIpc) is 2.44. The maximum absolute atomic E-state index is 12.0. The summed E-state index contributed by atoms with van der Waals surface area (Å²) < 4.78 is 5.86. The molecule has 21 heavy (non-hydrogen) atoms. The van der Waals surface area contributed by atoms with Crippen molar-refractivity contribution in [1.82, 2.24) is 14.9 Å². The lowest BCUT2D eigenvalue weighted by atomic mass is 10.1. The summed E-state index contributed by atoms with van der Waals surface area (Å²) in [6.07, 6.45) is 3.08. The van der Waals surface area contributed by atoms with Crippen LogP contribution in [0.5, 0.6) is 6.01 Å². The van der Waals surface area contributed by atoms with Crippen LogP contribution in [0, 0.1) is 13.8 Å². The molecular weight excluding hydrogens is 290 g/mol. The van der Waals surface area contributed by atoms with E-state index in [1.54, 1.807) is 0 Å². The van der Waals surface area contributed by atoms with Crippen molar-refractivity contribution >= 4 is 17.5 Å². The van der Waals surface area contributed by atoms with Gasteiger partial charge in [0.05, 0.1) is 6.54 Å². The summed E-state index contributed by atoms with van der Waals surface area (Å²) in [5.74, 6) is 0.681. The molecule has 1 aliphatic rings. The average molecular weight is 312 g/mol. The largest absolute Gasteiger partial charge is 0.458 e. The second-order valence-corrected chi connectivity index (χ2v) is 5.83. The number of amides is 1. The molecule has 2 rings (SSSR count). The van der Waals surface area contributed by atoms with Crippen molar-refractivity contribution in [2.75, 3.05) is 19.0 Å². The second kappa shape index (κ2) is 7.59. The van der Waals surface area contributed by atoms with Crippen molar-refractivity contribution < 1.29 is 9.53 Å². The first-order valence-corrected chi connectivity index (χ1v) is 7.94. The van der Waals surface area contributed by atoms with Gasteiger partial charge in [0, 0.05) is 30.2 Å². The number of aryl methyl sites for hydroxylation is 2. The molecule has 1 aromatic heterocycles. The van der Waals surface area contributed by atoms with E-state index in [-0.39, 0.29) is 12.0 Å². The molecule has 1 aromatic rings. The van der Waals surface area contributed by atoms with Crippen LogP contribution in [0.4, 0.5) is 0 Å². The third kappa shape index (κ3) is 4.84. The fraction of sp³-hybridized carbons (Fsp3) is 0.667. The number of carbonyl (C=O) groups is 1. The van der Waals surface area contributed by atoms with E-state index in [9.17, 15) is 4.79 Å². The monoisotopic (exact) mass is 311 g/mol. The Morgan fingerprint density at radius 1 is 1.43 bits per heavy atom. The van der Waals surface area contributed by atoms with Crippen LogP contribution in [0.3, 0.4) is 0 Å². The number of alkyl halides is 1. The summed E-state index contributed by atoms with van der Waals surface area (Å²) in [5.41, 5.74) is 1.78. The number of likely N-dealkylation sites (tertiary alicyclic amines) is 1. The number of aromatic nitrogens is 2. The van der Waals surface area contributed by atoms with Gasteiger partial charge in [-0.1, -0.05) is 0 Å². The van der Waals surface area contributed by atoms with Crippen molar-refractivity contribution in [3.8, 4) is 6.01 Å². The van der Waals surface area contributed by atoms with Crippen LogP contribution in [-0.2, 0) is 4.79 Å².